The van der Waals surface area contributed by atoms with E-state index < -0.39 is 5.97 Å². The molecule has 98 valence electrons. The summed E-state index contributed by atoms with van der Waals surface area (Å²) in [5.41, 5.74) is 1.96. The first kappa shape index (κ1) is 12.9. The van der Waals surface area contributed by atoms with Gasteiger partial charge in [0.25, 0.3) is 0 Å². The Balaban J connectivity index is 2.16. The van der Waals surface area contributed by atoms with Crippen molar-refractivity contribution >= 4 is 11.8 Å². The van der Waals surface area contributed by atoms with Gasteiger partial charge in [0.05, 0.1) is 0 Å². The summed E-state index contributed by atoms with van der Waals surface area (Å²) in [6.45, 7) is 4.09. The summed E-state index contributed by atoms with van der Waals surface area (Å²) in [6.07, 6.45) is 3.05. The summed E-state index contributed by atoms with van der Waals surface area (Å²) in [6, 6.07) is 3.84. The van der Waals surface area contributed by atoms with Crippen molar-refractivity contribution < 1.29 is 9.90 Å². The Morgan fingerprint density at radius 1 is 1.26 bits per heavy atom. The Hall–Kier alpha value is -2.50. The number of hydrogen-bond acceptors (Lipinski definition) is 5. The molecule has 0 radical (unpaired) electrons. The highest BCUT2D eigenvalue weighted by Crippen LogP contribution is 2.13. The van der Waals surface area contributed by atoms with E-state index in [9.17, 15) is 4.79 Å². The van der Waals surface area contributed by atoms with Crippen LogP contribution in [-0.4, -0.2) is 26.0 Å². The first-order valence-electron chi connectivity index (χ1n) is 5.78. The van der Waals surface area contributed by atoms with Crippen molar-refractivity contribution in [2.45, 2.75) is 20.4 Å². The first-order valence-corrected chi connectivity index (χ1v) is 5.78. The van der Waals surface area contributed by atoms with Crippen molar-refractivity contribution in [2.24, 2.45) is 0 Å². The molecule has 19 heavy (non-hydrogen) atoms. The minimum Gasteiger partial charge on any atom is -0.477 e. The van der Waals surface area contributed by atoms with Gasteiger partial charge in [0.1, 0.15) is 17.2 Å². The molecule has 0 aliphatic heterocycles. The molecule has 2 aromatic rings. The molecule has 0 fully saturated rings. The molecule has 0 aliphatic carbocycles. The van der Waals surface area contributed by atoms with E-state index in [-0.39, 0.29) is 5.56 Å². The molecule has 0 atom stereocenters. The standard InChI is InChI=1S/C13H14N4O2/c1-8-3-4-10(5-14-8)6-16-12-11(13(18)19)7-15-9(2)17-12/h3-5,7H,6H2,1-2H3,(H,18,19)(H,15,16,17). The van der Waals surface area contributed by atoms with Crippen LogP contribution in [0.25, 0.3) is 0 Å². The molecule has 2 heterocycles. The number of nitrogens with zero attached hydrogens (tertiary/aromatic N) is 3. The second-order valence-electron chi connectivity index (χ2n) is 4.15. The molecular weight excluding hydrogens is 244 g/mol. The van der Waals surface area contributed by atoms with E-state index >= 15 is 0 Å². The molecule has 2 aromatic heterocycles. The predicted octanol–water partition coefficient (Wildman–Crippen LogP) is 1.80. The van der Waals surface area contributed by atoms with Crippen LogP contribution < -0.4 is 5.32 Å². The average molecular weight is 258 g/mol. The van der Waals surface area contributed by atoms with E-state index in [4.69, 9.17) is 5.11 Å². The number of nitrogens with one attached hydrogen (secondary N) is 1. The van der Waals surface area contributed by atoms with E-state index in [1.807, 2.05) is 19.1 Å². The quantitative estimate of drug-likeness (QED) is 0.869. The molecule has 6 nitrogen and oxygen atoms in total. The van der Waals surface area contributed by atoms with Crippen molar-refractivity contribution in [1.82, 2.24) is 15.0 Å². The number of carboxylic acid groups (broad SMARTS) is 1. The molecule has 0 saturated heterocycles. The molecule has 0 bridgehead atoms. The molecule has 0 aromatic carbocycles. The number of aryl methyl sites for hydroxylation is 2. The fraction of sp³-hybridized carbons (Fsp3) is 0.231. The van der Waals surface area contributed by atoms with Gasteiger partial charge in [0, 0.05) is 24.6 Å². The number of carbonyl (C=O) groups is 1. The maximum Gasteiger partial charge on any atom is 0.341 e. The predicted molar refractivity (Wildman–Crippen MR) is 70.0 cm³/mol. The lowest BCUT2D eigenvalue weighted by atomic mass is 10.2. The zero-order valence-electron chi connectivity index (χ0n) is 10.7. The molecule has 0 unspecified atom stereocenters. The third-order valence-corrected chi connectivity index (χ3v) is 2.57. The van der Waals surface area contributed by atoms with Gasteiger partial charge in [-0.2, -0.15) is 0 Å². The number of aromatic carboxylic acids is 1. The van der Waals surface area contributed by atoms with Crippen molar-refractivity contribution in [1.29, 1.82) is 0 Å². The van der Waals surface area contributed by atoms with E-state index in [2.05, 4.69) is 20.3 Å². The maximum absolute atomic E-state index is 11.1. The second-order valence-corrected chi connectivity index (χ2v) is 4.15. The van der Waals surface area contributed by atoms with Gasteiger partial charge in [-0.15, -0.1) is 0 Å². The van der Waals surface area contributed by atoms with Crippen molar-refractivity contribution in [2.75, 3.05) is 5.32 Å². The normalized spacial score (nSPS) is 10.2. The van der Waals surface area contributed by atoms with Crippen LogP contribution in [0, 0.1) is 13.8 Å². The van der Waals surface area contributed by atoms with Gasteiger partial charge >= 0.3 is 5.97 Å². The monoisotopic (exact) mass is 258 g/mol. The fourth-order valence-corrected chi connectivity index (χ4v) is 1.55. The lowest BCUT2D eigenvalue weighted by Crippen LogP contribution is -2.10. The smallest absolute Gasteiger partial charge is 0.341 e. The van der Waals surface area contributed by atoms with Crippen LogP contribution in [0.5, 0.6) is 0 Å². The highest BCUT2D eigenvalue weighted by atomic mass is 16.4. The minimum atomic E-state index is -1.05. The van der Waals surface area contributed by atoms with Gasteiger partial charge in [-0.1, -0.05) is 6.07 Å². The summed E-state index contributed by atoms with van der Waals surface area (Å²) in [5, 5.41) is 12.1. The zero-order chi connectivity index (χ0) is 13.8. The highest BCUT2D eigenvalue weighted by molar-refractivity contribution is 5.92. The van der Waals surface area contributed by atoms with Crippen molar-refractivity contribution in [3.63, 3.8) is 0 Å². The Bertz CT molecular complexity index is 596. The van der Waals surface area contributed by atoms with Crippen molar-refractivity contribution in [3.05, 3.63) is 47.2 Å². The largest absolute Gasteiger partial charge is 0.477 e. The number of hydrogen-bond donors (Lipinski definition) is 2. The lowest BCUT2D eigenvalue weighted by Gasteiger charge is -2.08. The van der Waals surface area contributed by atoms with Gasteiger partial charge in [0.15, 0.2) is 0 Å². The molecule has 0 saturated carbocycles. The van der Waals surface area contributed by atoms with Gasteiger partial charge in [-0.05, 0) is 25.5 Å². The number of pyridine rings is 1. The molecule has 0 amide bonds. The summed E-state index contributed by atoms with van der Waals surface area (Å²) >= 11 is 0. The van der Waals surface area contributed by atoms with Crippen LogP contribution in [0.15, 0.2) is 24.5 Å². The molecule has 2 N–H and O–H groups in total. The SMILES string of the molecule is Cc1ccc(CNc2nc(C)ncc2C(=O)O)cn1. The van der Waals surface area contributed by atoms with Crippen LogP contribution in [0.1, 0.15) is 27.4 Å². The second kappa shape index (κ2) is 5.43. The molecule has 0 aliphatic rings. The average Bonchev–Trinajstić information content (AvgIpc) is 2.38. The van der Waals surface area contributed by atoms with Gasteiger partial charge in [0.2, 0.25) is 0 Å². The number of anilines is 1. The fourth-order valence-electron chi connectivity index (χ4n) is 1.55. The first-order chi connectivity index (χ1) is 9.06. The third-order valence-electron chi connectivity index (χ3n) is 2.57. The zero-order valence-corrected chi connectivity index (χ0v) is 10.7. The molecular formula is C13H14N4O2. The Labute approximate surface area is 110 Å². The van der Waals surface area contributed by atoms with Crippen LogP contribution in [-0.2, 0) is 6.54 Å². The molecule has 2 rings (SSSR count). The van der Waals surface area contributed by atoms with Crippen molar-refractivity contribution in [3.8, 4) is 0 Å². The number of carboxylic acids is 1. The van der Waals surface area contributed by atoms with Gasteiger partial charge in [-0.25, -0.2) is 14.8 Å². The summed E-state index contributed by atoms with van der Waals surface area (Å²) < 4.78 is 0. The topological polar surface area (TPSA) is 88.0 Å². The van der Waals surface area contributed by atoms with Crippen LogP contribution in [0.2, 0.25) is 0 Å². The van der Waals surface area contributed by atoms with E-state index in [1.54, 1.807) is 13.1 Å². The number of aromatic nitrogens is 3. The van der Waals surface area contributed by atoms with E-state index in [0.717, 1.165) is 11.3 Å². The maximum atomic E-state index is 11.1. The van der Waals surface area contributed by atoms with Crippen LogP contribution in [0.4, 0.5) is 5.82 Å². The Kier molecular flexibility index (Phi) is 3.70. The minimum absolute atomic E-state index is 0.0608. The van der Waals surface area contributed by atoms with Gasteiger partial charge in [-0.3, -0.25) is 4.98 Å². The summed E-state index contributed by atoms with van der Waals surface area (Å²) in [5.74, 6) is -0.209. The summed E-state index contributed by atoms with van der Waals surface area (Å²) in [7, 11) is 0. The van der Waals surface area contributed by atoms with Gasteiger partial charge < -0.3 is 10.4 Å². The van der Waals surface area contributed by atoms with E-state index in [1.165, 1.54) is 6.20 Å². The highest BCUT2D eigenvalue weighted by Gasteiger charge is 2.12. The Morgan fingerprint density at radius 2 is 2.05 bits per heavy atom. The lowest BCUT2D eigenvalue weighted by molar-refractivity contribution is 0.0697. The summed E-state index contributed by atoms with van der Waals surface area (Å²) in [4.78, 5) is 23.2. The third kappa shape index (κ3) is 3.25. The molecule has 6 heteroatoms. The van der Waals surface area contributed by atoms with E-state index in [0.29, 0.717) is 18.2 Å². The van der Waals surface area contributed by atoms with Crippen LogP contribution >= 0.6 is 0 Å². The van der Waals surface area contributed by atoms with Crippen LogP contribution in [0.3, 0.4) is 0 Å². The molecule has 0 spiro atoms. The Morgan fingerprint density at radius 3 is 2.68 bits per heavy atom. The number of rotatable bonds is 4.